The highest BCUT2D eigenvalue weighted by molar-refractivity contribution is 8.01. The van der Waals surface area contributed by atoms with Crippen molar-refractivity contribution in [3.05, 3.63) is 473 Å². The largest absolute Gasteiger partial charge is 0.458 e. The Morgan fingerprint density at radius 2 is 0.477 bits per heavy atom. The zero-order valence-corrected chi connectivity index (χ0v) is 73.3. The number of benzene rings is 20. The first-order chi connectivity index (χ1) is 65.5. The van der Waals surface area contributed by atoms with E-state index in [9.17, 15) is 0 Å². The summed E-state index contributed by atoms with van der Waals surface area (Å²) in [5, 5.41) is 0. The molecule has 8 aliphatic heterocycles. The van der Waals surface area contributed by atoms with Crippen molar-refractivity contribution < 1.29 is 18.9 Å². The summed E-state index contributed by atoms with van der Waals surface area (Å²) in [7, 11) is 0. The molecule has 0 aromatic heterocycles. The van der Waals surface area contributed by atoms with Gasteiger partial charge in [0.1, 0.15) is 46.0 Å². The van der Waals surface area contributed by atoms with E-state index in [0.29, 0.717) is 6.71 Å². The molecule has 0 radical (unpaired) electrons. The van der Waals surface area contributed by atoms with Crippen LogP contribution in [-0.2, 0) is 0 Å². The van der Waals surface area contributed by atoms with Crippen molar-refractivity contribution in [2.75, 3.05) is 9.80 Å². The minimum absolute atomic E-state index is 0.0818. The normalized spacial score (nSPS) is 12.9. The quantitative estimate of drug-likeness (QED) is 0.139. The summed E-state index contributed by atoms with van der Waals surface area (Å²) >= 11 is 3.82. The van der Waals surface area contributed by atoms with Crippen LogP contribution < -0.4 is 94.3 Å². The highest BCUT2D eigenvalue weighted by Crippen LogP contribution is 2.50. The van der Waals surface area contributed by atoms with Gasteiger partial charge >= 0.3 is 0 Å². The smallest absolute Gasteiger partial charge is 0.260 e. The van der Waals surface area contributed by atoms with E-state index in [1.165, 1.54) is 120 Å². The lowest BCUT2D eigenvalue weighted by Crippen LogP contribution is -2.61. The molecule has 0 unspecified atom stereocenters. The molecule has 8 heterocycles. The topological polar surface area (TPSA) is 43.4 Å². The molecule has 0 saturated carbocycles. The van der Waals surface area contributed by atoms with Gasteiger partial charge in [0.05, 0.1) is 0 Å². The number of anilines is 6. The highest BCUT2D eigenvalue weighted by Gasteiger charge is 2.47. The summed E-state index contributed by atoms with van der Waals surface area (Å²) in [6, 6.07) is 168. The van der Waals surface area contributed by atoms with Crippen LogP contribution in [0, 0.1) is 0 Å². The summed E-state index contributed by atoms with van der Waals surface area (Å²) in [5.74, 6) is 7.02. The van der Waals surface area contributed by atoms with Crippen LogP contribution in [0.25, 0.3) is 66.8 Å². The van der Waals surface area contributed by atoms with E-state index >= 15 is 0 Å². The average molecular weight is 1720 g/mol. The zero-order chi connectivity index (χ0) is 87.1. The summed E-state index contributed by atoms with van der Waals surface area (Å²) in [6.07, 6.45) is 0. The summed E-state index contributed by atoms with van der Waals surface area (Å²) in [5.41, 5.74) is 36.4. The van der Waals surface area contributed by atoms with Crippen LogP contribution in [0.2, 0.25) is 0 Å². The molecule has 616 valence electrons. The molecular formula is C120H78B4N2O4S2. The Kier molecular flexibility index (Phi) is 19.8. The summed E-state index contributed by atoms with van der Waals surface area (Å²) in [4.78, 5) is 10.5. The molecule has 0 amide bonds. The first kappa shape index (κ1) is 78.4. The minimum atomic E-state index is -0.0825. The molecule has 0 bridgehead atoms. The molecular weight excluding hydrogens is 1640 g/mol. The van der Waals surface area contributed by atoms with Crippen molar-refractivity contribution in [1.82, 2.24) is 0 Å². The van der Waals surface area contributed by atoms with Gasteiger partial charge in [-0.2, -0.15) is 0 Å². The molecule has 12 heteroatoms. The lowest BCUT2D eigenvalue weighted by molar-refractivity contribution is 0.464. The fourth-order valence-electron chi connectivity index (χ4n) is 20.8. The van der Waals surface area contributed by atoms with Gasteiger partial charge in [-0.05, 0) is 215 Å². The van der Waals surface area contributed by atoms with E-state index in [0.717, 1.165) is 112 Å². The predicted octanol–water partition coefficient (Wildman–Crippen LogP) is 23.7. The van der Waals surface area contributed by atoms with Crippen molar-refractivity contribution in [2.45, 2.75) is 19.6 Å². The molecule has 0 atom stereocenters. The average Bonchev–Trinajstić information content (AvgIpc) is 0.697. The number of fused-ring (bicyclic) bond motifs is 16. The van der Waals surface area contributed by atoms with E-state index in [2.05, 4.69) is 453 Å². The molecule has 0 fully saturated rings. The number of hydrogen-bond acceptors (Lipinski definition) is 8. The van der Waals surface area contributed by atoms with Crippen LogP contribution in [0.1, 0.15) is 0 Å². The number of nitrogens with zero attached hydrogens (tertiary/aromatic N) is 2. The van der Waals surface area contributed by atoms with Crippen molar-refractivity contribution in [3.63, 3.8) is 0 Å². The van der Waals surface area contributed by atoms with Crippen LogP contribution in [0.4, 0.5) is 34.1 Å². The van der Waals surface area contributed by atoms with E-state index < -0.39 is 0 Å². The van der Waals surface area contributed by atoms with Gasteiger partial charge in [0.25, 0.3) is 20.1 Å². The summed E-state index contributed by atoms with van der Waals surface area (Å²) in [6.45, 7) is 0.592. The maximum absolute atomic E-state index is 6.94. The van der Waals surface area contributed by atoms with Crippen molar-refractivity contribution in [3.8, 4) is 113 Å². The molecule has 20 aromatic rings. The Balaban J connectivity index is 0.0000000973. The Bertz CT molecular complexity index is 7440. The van der Waals surface area contributed by atoms with Gasteiger partial charge in [0, 0.05) is 75.8 Å². The van der Waals surface area contributed by atoms with Crippen LogP contribution in [0.15, 0.2) is 493 Å². The third-order valence-electron chi connectivity index (χ3n) is 26.7. The van der Waals surface area contributed by atoms with Crippen molar-refractivity contribution in [2.24, 2.45) is 0 Å². The van der Waals surface area contributed by atoms with E-state index in [-0.39, 0.29) is 20.1 Å². The first-order valence-corrected chi connectivity index (χ1v) is 46.7. The molecule has 0 aliphatic carbocycles. The molecule has 8 aliphatic rings. The SMILES string of the molecule is c1ccc(-c2ccc3c(c2)B2c4cc(-c5ccccc5)ccc4Oc4c(-c5ccccc5)cc(-c5ccccc5)c(c42)O3)cc1.c1ccc(-c2ccc3c(c2)Oc2cccc4c2B3c2ccc(-c3ccccc3)cc2O4)cc1.c1ccc(N2c3ccccc3B3c4ccccc4N(c4ccccc4)c4cccc2c43)cc1.c1ccc2c(c1)Sc1cccc3c1B2c1ccccc1S3. The monoisotopic (exact) mass is 1720 g/mol. The lowest BCUT2D eigenvalue weighted by atomic mass is 9.33. The fourth-order valence-corrected chi connectivity index (χ4v) is 23.2. The maximum atomic E-state index is 6.94. The Labute approximate surface area is 778 Å². The zero-order valence-electron chi connectivity index (χ0n) is 71.7. The van der Waals surface area contributed by atoms with Gasteiger partial charge in [0.15, 0.2) is 0 Å². The Hall–Kier alpha value is -15.8. The van der Waals surface area contributed by atoms with Gasteiger partial charge in [-0.25, -0.2) is 0 Å². The van der Waals surface area contributed by atoms with E-state index in [1.54, 1.807) is 0 Å². The second-order valence-electron chi connectivity index (χ2n) is 34.2. The van der Waals surface area contributed by atoms with Gasteiger partial charge in [-0.1, -0.05) is 392 Å². The molecule has 28 rings (SSSR count). The second-order valence-corrected chi connectivity index (χ2v) is 36.3. The van der Waals surface area contributed by atoms with E-state index in [1.807, 2.05) is 53.9 Å². The third kappa shape index (κ3) is 13.7. The fraction of sp³-hybridized carbons (Fsp3) is 0. The third-order valence-corrected chi connectivity index (χ3v) is 29.0. The summed E-state index contributed by atoms with van der Waals surface area (Å²) < 4.78 is 26.7. The lowest BCUT2D eigenvalue weighted by Gasteiger charge is -2.44. The second kappa shape index (κ2) is 33.3. The van der Waals surface area contributed by atoms with Crippen LogP contribution >= 0.6 is 23.5 Å². The van der Waals surface area contributed by atoms with E-state index in [4.69, 9.17) is 18.9 Å². The molecule has 0 saturated heterocycles. The van der Waals surface area contributed by atoms with Gasteiger partial charge < -0.3 is 28.7 Å². The molecule has 132 heavy (non-hydrogen) atoms. The van der Waals surface area contributed by atoms with Crippen molar-refractivity contribution in [1.29, 1.82) is 0 Å². The number of rotatable bonds is 8. The van der Waals surface area contributed by atoms with Crippen LogP contribution in [0.5, 0.6) is 46.0 Å². The van der Waals surface area contributed by atoms with Crippen LogP contribution in [-0.4, -0.2) is 26.9 Å². The van der Waals surface area contributed by atoms with Gasteiger partial charge in [-0.3, -0.25) is 0 Å². The number of para-hydroxylation sites is 4. The predicted molar refractivity (Wildman–Crippen MR) is 554 cm³/mol. The van der Waals surface area contributed by atoms with Gasteiger partial charge in [0.2, 0.25) is 6.71 Å². The van der Waals surface area contributed by atoms with Gasteiger partial charge in [-0.15, -0.1) is 0 Å². The number of ether oxygens (including phenoxy) is 4. The molecule has 6 nitrogen and oxygen atoms in total. The number of hydrogen-bond donors (Lipinski definition) is 0. The van der Waals surface area contributed by atoms with Crippen LogP contribution in [0.3, 0.4) is 0 Å². The van der Waals surface area contributed by atoms with Crippen molar-refractivity contribution >= 4 is 150 Å². The molecule has 0 N–H and O–H groups in total. The highest BCUT2D eigenvalue weighted by atomic mass is 32.2. The minimum Gasteiger partial charge on any atom is -0.458 e. The molecule has 0 spiro atoms. The Morgan fingerprint density at radius 1 is 0.167 bits per heavy atom. The molecule has 20 aromatic carbocycles. The Morgan fingerprint density at radius 3 is 0.902 bits per heavy atom. The first-order valence-electron chi connectivity index (χ1n) is 45.1. The standard InChI is InChI=1S/C42H27BO2.C30H21BN2.C30H19BO2.C18H11BS2/c1-5-13-28(14-6-1)32-21-23-38-36(25-32)43-37-26-33(29-15-7-2-8-16-29)22-24-39(37)45-42-35(31-19-11-4-12-20-31)27-34(41(44-38)40(42)43)30-17-9-3-10-18-30;1-3-12-22(13-4-1)32-26-18-9-7-16-24(26)31-25-17-8-10-19-27(25)33(23-14-5-2-6-15-23)29-21-11-20-28(32)30(29)31;1-3-8-20(9-4-1)22-14-16-24-28(18-22)32-26-12-7-13-27-30(26)31(24)25-17-15-23(19-29(25)33-27)21-10-5-2-6-11-21;1-3-8-14-12(6-1)19-13-7-2-4-9-15(13)21-17-11-5-10-16(20-14)18(17)19/h1-27H;1-21H;1-19H;1-11H. The maximum Gasteiger partial charge on any atom is 0.260 e.